The summed E-state index contributed by atoms with van der Waals surface area (Å²) in [4.78, 5) is 25.6. The zero-order chi connectivity index (χ0) is 23.1. The second kappa shape index (κ2) is 10.2. The summed E-state index contributed by atoms with van der Waals surface area (Å²) < 4.78 is 21.1. The maximum absolute atomic E-state index is 12.8. The highest BCUT2D eigenvalue weighted by molar-refractivity contribution is 6.09. The zero-order valence-corrected chi connectivity index (χ0v) is 18.2. The van der Waals surface area contributed by atoms with E-state index in [1.807, 2.05) is 0 Å². The van der Waals surface area contributed by atoms with Gasteiger partial charge >= 0.3 is 0 Å². The molecule has 3 aromatic carbocycles. The molecule has 0 unspecified atom stereocenters. The van der Waals surface area contributed by atoms with Crippen LogP contribution in [-0.2, 0) is 0 Å². The molecule has 2 N–H and O–H groups in total. The molecule has 166 valence electrons. The van der Waals surface area contributed by atoms with Gasteiger partial charge in [-0.15, -0.1) is 0 Å². The van der Waals surface area contributed by atoms with Crippen LogP contribution in [0.25, 0.3) is 0 Å². The standard InChI is InChI=1S/C24H24N2O6/c1-29-17-7-5-8-18(30-2)21(17)23(27)25-15-11-13-16(14-12-15)26-24(28)22-19(31-3)9-6-10-20(22)32-4/h5-14H,1-4H3,(H,25,27)(H,26,28). The summed E-state index contributed by atoms with van der Waals surface area (Å²) in [6, 6.07) is 16.9. The van der Waals surface area contributed by atoms with Crippen molar-refractivity contribution in [2.24, 2.45) is 0 Å². The van der Waals surface area contributed by atoms with E-state index in [0.717, 1.165) is 0 Å². The Morgan fingerprint density at radius 2 is 0.812 bits per heavy atom. The number of rotatable bonds is 8. The normalized spacial score (nSPS) is 10.1. The molecule has 32 heavy (non-hydrogen) atoms. The predicted octanol–water partition coefficient (Wildman–Crippen LogP) is 4.23. The number of amides is 2. The van der Waals surface area contributed by atoms with Gasteiger partial charge in [-0.3, -0.25) is 9.59 Å². The molecule has 3 aromatic rings. The fourth-order valence-corrected chi connectivity index (χ4v) is 3.17. The number of hydrogen-bond donors (Lipinski definition) is 2. The first-order valence-corrected chi connectivity index (χ1v) is 9.67. The Bertz CT molecular complexity index is 979. The number of anilines is 2. The maximum Gasteiger partial charge on any atom is 0.263 e. The van der Waals surface area contributed by atoms with Gasteiger partial charge in [-0.25, -0.2) is 0 Å². The van der Waals surface area contributed by atoms with Crippen molar-refractivity contribution in [2.45, 2.75) is 0 Å². The highest BCUT2D eigenvalue weighted by atomic mass is 16.5. The number of ether oxygens (including phenoxy) is 4. The third-order valence-electron chi connectivity index (χ3n) is 4.71. The molecule has 8 heteroatoms. The first kappa shape index (κ1) is 22.5. The maximum atomic E-state index is 12.8. The first-order chi connectivity index (χ1) is 15.5. The summed E-state index contributed by atoms with van der Waals surface area (Å²) in [5.41, 5.74) is 1.66. The van der Waals surface area contributed by atoms with Gasteiger partial charge in [-0.2, -0.15) is 0 Å². The molecule has 0 spiro atoms. The third-order valence-corrected chi connectivity index (χ3v) is 4.71. The molecule has 8 nitrogen and oxygen atoms in total. The molecular weight excluding hydrogens is 412 g/mol. The van der Waals surface area contributed by atoms with Crippen LogP contribution in [0.4, 0.5) is 11.4 Å². The average Bonchev–Trinajstić information content (AvgIpc) is 2.83. The Hall–Kier alpha value is -4.20. The van der Waals surface area contributed by atoms with E-state index < -0.39 is 0 Å². The first-order valence-electron chi connectivity index (χ1n) is 9.67. The number of carbonyl (C=O) groups excluding carboxylic acids is 2. The van der Waals surface area contributed by atoms with Crippen LogP contribution in [-0.4, -0.2) is 40.3 Å². The monoisotopic (exact) mass is 436 g/mol. The molecule has 0 atom stereocenters. The van der Waals surface area contributed by atoms with Gasteiger partial charge in [-0.1, -0.05) is 12.1 Å². The quantitative estimate of drug-likeness (QED) is 0.549. The summed E-state index contributed by atoms with van der Waals surface area (Å²) in [6.07, 6.45) is 0. The van der Waals surface area contributed by atoms with E-state index in [9.17, 15) is 9.59 Å². The van der Waals surface area contributed by atoms with Crippen molar-refractivity contribution in [3.05, 3.63) is 71.8 Å². The largest absolute Gasteiger partial charge is 0.496 e. The van der Waals surface area contributed by atoms with Gasteiger partial charge in [0, 0.05) is 11.4 Å². The molecule has 0 aromatic heterocycles. The fourth-order valence-electron chi connectivity index (χ4n) is 3.17. The average molecular weight is 436 g/mol. The highest BCUT2D eigenvalue weighted by Gasteiger charge is 2.20. The van der Waals surface area contributed by atoms with Crippen LogP contribution in [0, 0.1) is 0 Å². The number of nitrogens with one attached hydrogen (secondary N) is 2. The molecule has 0 fully saturated rings. The lowest BCUT2D eigenvalue weighted by molar-refractivity contribution is 0.101. The second-order valence-corrected chi connectivity index (χ2v) is 6.56. The molecule has 0 aliphatic rings. The summed E-state index contributed by atoms with van der Waals surface area (Å²) >= 11 is 0. The van der Waals surface area contributed by atoms with Crippen LogP contribution in [0.2, 0.25) is 0 Å². The highest BCUT2D eigenvalue weighted by Crippen LogP contribution is 2.30. The van der Waals surface area contributed by atoms with Crippen molar-refractivity contribution in [1.82, 2.24) is 0 Å². The molecule has 0 radical (unpaired) electrons. The Balaban J connectivity index is 1.76. The lowest BCUT2D eigenvalue weighted by atomic mass is 10.1. The van der Waals surface area contributed by atoms with E-state index in [2.05, 4.69) is 10.6 Å². The van der Waals surface area contributed by atoms with E-state index >= 15 is 0 Å². The van der Waals surface area contributed by atoms with Gasteiger partial charge in [0.15, 0.2) is 0 Å². The van der Waals surface area contributed by atoms with E-state index in [1.54, 1.807) is 60.7 Å². The molecule has 0 bridgehead atoms. The van der Waals surface area contributed by atoms with E-state index in [4.69, 9.17) is 18.9 Å². The van der Waals surface area contributed by atoms with Crippen molar-refractivity contribution in [3.63, 3.8) is 0 Å². The van der Waals surface area contributed by atoms with Crippen LogP contribution in [0.5, 0.6) is 23.0 Å². The van der Waals surface area contributed by atoms with Gasteiger partial charge in [-0.05, 0) is 48.5 Å². The molecule has 2 amide bonds. The molecule has 3 rings (SSSR count). The van der Waals surface area contributed by atoms with E-state index in [1.165, 1.54) is 28.4 Å². The minimum absolute atomic E-state index is 0.290. The Labute approximate surface area is 186 Å². The third kappa shape index (κ3) is 4.75. The summed E-state index contributed by atoms with van der Waals surface area (Å²) in [6.45, 7) is 0. The Morgan fingerprint density at radius 3 is 1.06 bits per heavy atom. The minimum atomic E-state index is -0.380. The van der Waals surface area contributed by atoms with Gasteiger partial charge in [0.1, 0.15) is 34.1 Å². The molecule has 0 heterocycles. The topological polar surface area (TPSA) is 95.1 Å². The molecular formula is C24H24N2O6. The summed E-state index contributed by atoms with van der Waals surface area (Å²) in [5, 5.41) is 5.61. The van der Waals surface area contributed by atoms with Gasteiger partial charge in [0.05, 0.1) is 28.4 Å². The van der Waals surface area contributed by atoms with Crippen LogP contribution < -0.4 is 29.6 Å². The van der Waals surface area contributed by atoms with Crippen LogP contribution in [0.3, 0.4) is 0 Å². The van der Waals surface area contributed by atoms with E-state index in [-0.39, 0.29) is 22.9 Å². The zero-order valence-electron chi connectivity index (χ0n) is 18.2. The van der Waals surface area contributed by atoms with Crippen molar-refractivity contribution in [3.8, 4) is 23.0 Å². The number of carbonyl (C=O) groups is 2. The SMILES string of the molecule is COc1cccc(OC)c1C(=O)Nc1ccc(NC(=O)c2c(OC)cccc2OC)cc1. The van der Waals surface area contributed by atoms with Gasteiger partial charge < -0.3 is 29.6 Å². The van der Waals surface area contributed by atoms with Crippen molar-refractivity contribution < 1.29 is 28.5 Å². The van der Waals surface area contributed by atoms with Crippen LogP contribution in [0.15, 0.2) is 60.7 Å². The summed E-state index contributed by atoms with van der Waals surface area (Å²) in [5.74, 6) is 0.839. The Morgan fingerprint density at radius 1 is 0.531 bits per heavy atom. The molecule has 0 aliphatic heterocycles. The van der Waals surface area contributed by atoms with Crippen molar-refractivity contribution in [1.29, 1.82) is 0 Å². The van der Waals surface area contributed by atoms with E-state index in [0.29, 0.717) is 34.4 Å². The molecule has 0 saturated carbocycles. The van der Waals surface area contributed by atoms with Crippen LogP contribution >= 0.6 is 0 Å². The summed E-state index contributed by atoms with van der Waals surface area (Å²) in [7, 11) is 5.94. The molecule has 0 saturated heterocycles. The lowest BCUT2D eigenvalue weighted by Crippen LogP contribution is -2.15. The minimum Gasteiger partial charge on any atom is -0.496 e. The smallest absolute Gasteiger partial charge is 0.263 e. The second-order valence-electron chi connectivity index (χ2n) is 6.56. The number of benzene rings is 3. The van der Waals surface area contributed by atoms with Crippen molar-refractivity contribution >= 4 is 23.2 Å². The lowest BCUT2D eigenvalue weighted by Gasteiger charge is -2.14. The van der Waals surface area contributed by atoms with Crippen molar-refractivity contribution in [2.75, 3.05) is 39.1 Å². The van der Waals surface area contributed by atoms with Crippen LogP contribution in [0.1, 0.15) is 20.7 Å². The van der Waals surface area contributed by atoms with Gasteiger partial charge in [0.2, 0.25) is 0 Å². The Kier molecular flexibility index (Phi) is 7.17. The molecule has 0 aliphatic carbocycles. The predicted molar refractivity (Wildman–Crippen MR) is 121 cm³/mol. The van der Waals surface area contributed by atoms with Gasteiger partial charge in [0.25, 0.3) is 11.8 Å². The number of hydrogen-bond acceptors (Lipinski definition) is 6. The number of methoxy groups -OCH3 is 4. The fraction of sp³-hybridized carbons (Fsp3) is 0.167.